The molecule has 0 unspecified atom stereocenters. The molecular formula is C18H29F3N4O2. The zero-order valence-corrected chi connectivity index (χ0v) is 16.1. The average Bonchev–Trinajstić information content (AvgIpc) is 2.61. The Morgan fingerprint density at radius 1 is 1.26 bits per heavy atom. The maximum absolute atomic E-state index is 14.0. The second kappa shape index (κ2) is 13.2. The minimum Gasteiger partial charge on any atom is -0.434 e. The third-order valence-corrected chi connectivity index (χ3v) is 3.71. The van der Waals surface area contributed by atoms with Crippen molar-refractivity contribution >= 4 is 5.96 Å². The van der Waals surface area contributed by atoms with Crippen LogP contribution in [0.15, 0.2) is 23.2 Å². The molecule has 2 N–H and O–H groups in total. The monoisotopic (exact) mass is 390 g/mol. The highest BCUT2D eigenvalue weighted by Gasteiger charge is 2.13. The van der Waals surface area contributed by atoms with Crippen molar-refractivity contribution in [2.45, 2.75) is 26.5 Å². The van der Waals surface area contributed by atoms with E-state index in [9.17, 15) is 13.2 Å². The number of rotatable bonds is 12. The van der Waals surface area contributed by atoms with Crippen molar-refractivity contribution in [1.82, 2.24) is 15.5 Å². The summed E-state index contributed by atoms with van der Waals surface area (Å²) in [6, 6.07) is 3.82. The Morgan fingerprint density at radius 2 is 2.04 bits per heavy atom. The maximum atomic E-state index is 14.0. The largest absolute Gasteiger partial charge is 0.434 e. The zero-order chi connectivity index (χ0) is 20.1. The topological polar surface area (TPSA) is 58.1 Å². The molecule has 0 bridgehead atoms. The van der Waals surface area contributed by atoms with Gasteiger partial charge in [0, 0.05) is 39.9 Å². The number of guanidine groups is 1. The van der Waals surface area contributed by atoms with Gasteiger partial charge < -0.3 is 25.0 Å². The van der Waals surface area contributed by atoms with Gasteiger partial charge in [-0.3, -0.25) is 0 Å². The molecule has 27 heavy (non-hydrogen) atoms. The fourth-order valence-electron chi connectivity index (χ4n) is 2.35. The van der Waals surface area contributed by atoms with Crippen LogP contribution < -0.4 is 15.4 Å². The molecule has 0 aliphatic heterocycles. The third-order valence-electron chi connectivity index (χ3n) is 3.71. The number of nitrogens with zero attached hydrogens (tertiary/aromatic N) is 2. The Balaban J connectivity index is 2.63. The lowest BCUT2D eigenvalue weighted by atomic mass is 10.2. The van der Waals surface area contributed by atoms with Gasteiger partial charge in [-0.1, -0.05) is 6.07 Å². The molecule has 0 heterocycles. The molecule has 0 fully saturated rings. The van der Waals surface area contributed by atoms with Crippen LogP contribution in [-0.4, -0.2) is 64.4 Å². The SMILES string of the molecule is CCNC(=NCc1c(F)cccc1OC(F)F)NCCN(C)CCCOC. The van der Waals surface area contributed by atoms with Crippen molar-refractivity contribution in [1.29, 1.82) is 0 Å². The van der Waals surface area contributed by atoms with E-state index in [1.54, 1.807) is 7.11 Å². The smallest absolute Gasteiger partial charge is 0.387 e. The molecule has 0 amide bonds. The first-order valence-corrected chi connectivity index (χ1v) is 8.89. The predicted octanol–water partition coefficient (Wildman–Crippen LogP) is 2.45. The van der Waals surface area contributed by atoms with Gasteiger partial charge >= 0.3 is 6.61 Å². The average molecular weight is 390 g/mol. The number of alkyl halides is 2. The Bertz CT molecular complexity index is 574. The second-order valence-corrected chi connectivity index (χ2v) is 5.87. The highest BCUT2D eigenvalue weighted by atomic mass is 19.3. The highest BCUT2D eigenvalue weighted by molar-refractivity contribution is 5.79. The third kappa shape index (κ3) is 9.48. The highest BCUT2D eigenvalue weighted by Crippen LogP contribution is 2.24. The van der Waals surface area contributed by atoms with Crippen LogP contribution in [0.3, 0.4) is 0 Å². The lowest BCUT2D eigenvalue weighted by molar-refractivity contribution is -0.0506. The number of ether oxygens (including phenoxy) is 2. The summed E-state index contributed by atoms with van der Waals surface area (Å²) in [6.07, 6.45) is 0.946. The molecule has 1 aromatic carbocycles. The molecule has 154 valence electrons. The van der Waals surface area contributed by atoms with Crippen molar-refractivity contribution in [3.05, 3.63) is 29.6 Å². The Hall–Kier alpha value is -2.00. The van der Waals surface area contributed by atoms with Gasteiger partial charge in [0.15, 0.2) is 5.96 Å². The molecule has 1 aromatic rings. The van der Waals surface area contributed by atoms with Gasteiger partial charge in [0.05, 0.1) is 12.1 Å². The van der Waals surface area contributed by atoms with E-state index in [2.05, 4.69) is 25.3 Å². The molecule has 1 rings (SSSR count). The molecule has 6 nitrogen and oxygen atoms in total. The van der Waals surface area contributed by atoms with E-state index in [4.69, 9.17) is 4.74 Å². The van der Waals surface area contributed by atoms with E-state index in [1.165, 1.54) is 18.2 Å². The van der Waals surface area contributed by atoms with Gasteiger partial charge in [-0.25, -0.2) is 9.38 Å². The fourth-order valence-corrected chi connectivity index (χ4v) is 2.35. The molecule has 0 aromatic heterocycles. The summed E-state index contributed by atoms with van der Waals surface area (Å²) in [5.74, 6) is -0.359. The van der Waals surface area contributed by atoms with Gasteiger partial charge in [0.25, 0.3) is 0 Å². The van der Waals surface area contributed by atoms with Crippen LogP contribution in [-0.2, 0) is 11.3 Å². The van der Waals surface area contributed by atoms with Crippen molar-refractivity contribution in [3.8, 4) is 5.75 Å². The van der Waals surface area contributed by atoms with Crippen molar-refractivity contribution in [3.63, 3.8) is 0 Å². The number of hydrogen-bond acceptors (Lipinski definition) is 4. The van der Waals surface area contributed by atoms with E-state index < -0.39 is 12.4 Å². The summed E-state index contributed by atoms with van der Waals surface area (Å²) in [7, 11) is 3.68. The maximum Gasteiger partial charge on any atom is 0.387 e. The first kappa shape index (κ1) is 23.0. The number of nitrogens with one attached hydrogen (secondary N) is 2. The van der Waals surface area contributed by atoms with E-state index in [0.29, 0.717) is 25.7 Å². The molecule has 0 aliphatic carbocycles. The summed E-state index contributed by atoms with van der Waals surface area (Å²) in [5, 5.41) is 6.19. The number of aliphatic imine (C=N–C) groups is 1. The van der Waals surface area contributed by atoms with Crippen LogP contribution >= 0.6 is 0 Å². The van der Waals surface area contributed by atoms with Gasteiger partial charge in [-0.05, 0) is 32.5 Å². The second-order valence-electron chi connectivity index (χ2n) is 5.87. The quantitative estimate of drug-likeness (QED) is 0.326. The van der Waals surface area contributed by atoms with Crippen molar-refractivity contribution in [2.24, 2.45) is 4.99 Å². The van der Waals surface area contributed by atoms with Gasteiger partial charge in [-0.15, -0.1) is 0 Å². The molecule has 0 atom stereocenters. The van der Waals surface area contributed by atoms with Gasteiger partial charge in [0.1, 0.15) is 11.6 Å². The van der Waals surface area contributed by atoms with Crippen LogP contribution in [0.25, 0.3) is 0 Å². The van der Waals surface area contributed by atoms with Crippen LogP contribution in [0.2, 0.25) is 0 Å². The summed E-state index contributed by atoms with van der Waals surface area (Å²) in [6.45, 7) is 2.43. The number of likely N-dealkylation sites (N-methyl/N-ethyl adjacent to an activating group) is 1. The molecule has 9 heteroatoms. The van der Waals surface area contributed by atoms with Crippen LogP contribution in [0, 0.1) is 5.82 Å². The molecule has 0 saturated carbocycles. The van der Waals surface area contributed by atoms with Crippen LogP contribution in [0.1, 0.15) is 18.9 Å². The number of hydrogen-bond donors (Lipinski definition) is 2. The lowest BCUT2D eigenvalue weighted by Crippen LogP contribution is -2.41. The Labute approximate surface area is 158 Å². The first-order chi connectivity index (χ1) is 13.0. The van der Waals surface area contributed by atoms with Crippen molar-refractivity contribution < 1.29 is 22.6 Å². The predicted molar refractivity (Wildman–Crippen MR) is 99.8 cm³/mol. The first-order valence-electron chi connectivity index (χ1n) is 8.89. The van der Waals surface area contributed by atoms with Gasteiger partial charge in [0.2, 0.25) is 0 Å². The van der Waals surface area contributed by atoms with Gasteiger partial charge in [-0.2, -0.15) is 8.78 Å². The minimum absolute atomic E-state index is 0.00770. The van der Waals surface area contributed by atoms with E-state index in [0.717, 1.165) is 19.5 Å². The molecule has 0 aliphatic rings. The number of halogens is 3. The normalized spacial score (nSPS) is 11.9. The van der Waals surface area contributed by atoms with Crippen LogP contribution in [0.4, 0.5) is 13.2 Å². The zero-order valence-electron chi connectivity index (χ0n) is 16.1. The molecule has 0 radical (unpaired) electrons. The Kier molecular flexibility index (Phi) is 11.3. The lowest BCUT2D eigenvalue weighted by Gasteiger charge is -2.18. The standard InChI is InChI=1S/C18H29F3N4O2/c1-4-22-18(23-9-11-25(2)10-6-12-26-3)24-13-14-15(19)7-5-8-16(14)27-17(20)21/h5,7-8,17H,4,6,9-13H2,1-3H3,(H2,22,23,24). The summed E-state index contributed by atoms with van der Waals surface area (Å²) >= 11 is 0. The van der Waals surface area contributed by atoms with E-state index >= 15 is 0 Å². The molecule has 0 spiro atoms. The van der Waals surface area contributed by atoms with E-state index in [-0.39, 0.29) is 17.9 Å². The summed E-state index contributed by atoms with van der Waals surface area (Å²) < 4.78 is 48.4. The number of methoxy groups -OCH3 is 1. The Morgan fingerprint density at radius 3 is 2.70 bits per heavy atom. The molecule has 0 saturated heterocycles. The van der Waals surface area contributed by atoms with E-state index in [1.807, 2.05) is 14.0 Å². The minimum atomic E-state index is -3.02. The summed E-state index contributed by atoms with van der Waals surface area (Å²) in [4.78, 5) is 6.43. The fraction of sp³-hybridized carbons (Fsp3) is 0.611. The molecular weight excluding hydrogens is 361 g/mol. The summed E-state index contributed by atoms with van der Waals surface area (Å²) in [5.41, 5.74) is -0.00770. The van der Waals surface area contributed by atoms with Crippen molar-refractivity contribution in [2.75, 3.05) is 46.9 Å². The number of benzene rings is 1. The van der Waals surface area contributed by atoms with Crippen LogP contribution in [0.5, 0.6) is 5.75 Å².